The molecule has 0 unspecified atom stereocenters. The summed E-state index contributed by atoms with van der Waals surface area (Å²) in [4.78, 5) is 3.58. The molecule has 0 saturated heterocycles. The molecule has 2 nitrogen and oxygen atoms in total. The number of halogens is 5. The highest BCUT2D eigenvalue weighted by atomic mass is 79.9. The molecule has 1 rings (SSSR count). The first-order valence-electron chi connectivity index (χ1n) is 3.39. The van der Waals surface area contributed by atoms with Crippen LogP contribution in [-0.2, 0) is 0 Å². The lowest BCUT2D eigenvalue weighted by atomic mass is 10.5. The predicted molar refractivity (Wildman–Crippen MR) is 48.5 cm³/mol. The molecule has 0 fully saturated rings. The largest absolute Gasteiger partial charge is 0.467 e. The second kappa shape index (κ2) is 4.35. The van der Waals surface area contributed by atoms with E-state index in [0.29, 0.717) is 5.02 Å². The zero-order valence-corrected chi connectivity index (χ0v) is 8.95. The van der Waals surface area contributed by atoms with Gasteiger partial charge in [0, 0.05) is 6.20 Å². The minimum atomic E-state index is -4.37. The van der Waals surface area contributed by atoms with E-state index in [9.17, 15) is 13.2 Å². The Morgan fingerprint density at radius 1 is 1.50 bits per heavy atom. The van der Waals surface area contributed by atoms with Crippen LogP contribution in [-0.4, -0.2) is 17.8 Å². The minimum absolute atomic E-state index is 0.133. The summed E-state index contributed by atoms with van der Waals surface area (Å²) in [5.74, 6) is -0.133. The summed E-state index contributed by atoms with van der Waals surface area (Å²) in [5.41, 5.74) is 0. The summed E-state index contributed by atoms with van der Waals surface area (Å²) in [6.45, 7) is -1.37. The lowest BCUT2D eigenvalue weighted by Crippen LogP contribution is -2.19. The molecule has 0 bridgehead atoms. The van der Waals surface area contributed by atoms with Crippen LogP contribution in [0, 0.1) is 0 Å². The molecule has 1 heterocycles. The van der Waals surface area contributed by atoms with Crippen molar-refractivity contribution in [3.05, 3.63) is 21.8 Å². The first-order valence-corrected chi connectivity index (χ1v) is 4.56. The van der Waals surface area contributed by atoms with E-state index in [-0.39, 0.29) is 10.4 Å². The highest BCUT2D eigenvalue weighted by Gasteiger charge is 2.29. The third-order valence-corrected chi connectivity index (χ3v) is 1.92. The SMILES string of the molecule is FC(F)(F)COc1ncc(Cl)cc1Br. The van der Waals surface area contributed by atoms with Gasteiger partial charge in [-0.2, -0.15) is 13.2 Å². The van der Waals surface area contributed by atoms with Gasteiger partial charge in [0.2, 0.25) is 5.88 Å². The van der Waals surface area contributed by atoms with E-state index in [0.717, 1.165) is 0 Å². The molecule has 0 aliphatic heterocycles. The van der Waals surface area contributed by atoms with E-state index >= 15 is 0 Å². The Labute approximate surface area is 91.2 Å². The molecule has 1 aromatic heterocycles. The van der Waals surface area contributed by atoms with Crippen molar-refractivity contribution in [1.82, 2.24) is 4.98 Å². The van der Waals surface area contributed by atoms with Gasteiger partial charge in [0.1, 0.15) is 0 Å². The Morgan fingerprint density at radius 2 is 2.14 bits per heavy atom. The maximum absolute atomic E-state index is 11.8. The molecule has 0 aliphatic carbocycles. The van der Waals surface area contributed by atoms with Crippen molar-refractivity contribution in [2.24, 2.45) is 0 Å². The highest BCUT2D eigenvalue weighted by Crippen LogP contribution is 2.26. The first kappa shape index (κ1) is 11.6. The number of pyridine rings is 1. The Hall–Kier alpha value is -0.490. The standard InChI is InChI=1S/C7H4BrClF3NO/c8-5-1-4(9)2-13-6(5)14-3-7(10,11)12/h1-2H,3H2. The van der Waals surface area contributed by atoms with Crippen LogP contribution in [0.1, 0.15) is 0 Å². The van der Waals surface area contributed by atoms with Crippen molar-refractivity contribution in [3.63, 3.8) is 0 Å². The van der Waals surface area contributed by atoms with Crippen molar-refractivity contribution in [1.29, 1.82) is 0 Å². The van der Waals surface area contributed by atoms with Crippen LogP contribution < -0.4 is 4.74 Å². The fourth-order valence-corrected chi connectivity index (χ4v) is 1.41. The quantitative estimate of drug-likeness (QED) is 0.832. The molecule has 0 amide bonds. The fraction of sp³-hybridized carbons (Fsp3) is 0.286. The molecule has 0 aromatic carbocycles. The van der Waals surface area contributed by atoms with Crippen LogP contribution in [0.25, 0.3) is 0 Å². The summed E-state index contributed by atoms with van der Waals surface area (Å²) >= 11 is 8.51. The summed E-state index contributed by atoms with van der Waals surface area (Å²) in [5, 5.41) is 0.316. The van der Waals surface area contributed by atoms with Crippen molar-refractivity contribution in [2.75, 3.05) is 6.61 Å². The van der Waals surface area contributed by atoms with E-state index in [1.54, 1.807) is 0 Å². The Bertz CT molecular complexity index is 331. The Balaban J connectivity index is 2.68. The molecule has 1 aromatic rings. The number of nitrogens with zero attached hydrogens (tertiary/aromatic N) is 1. The normalized spacial score (nSPS) is 11.5. The van der Waals surface area contributed by atoms with Gasteiger partial charge in [0.15, 0.2) is 6.61 Å². The second-order valence-electron chi connectivity index (χ2n) is 2.34. The number of hydrogen-bond donors (Lipinski definition) is 0. The van der Waals surface area contributed by atoms with Crippen LogP contribution >= 0.6 is 27.5 Å². The maximum atomic E-state index is 11.8. The van der Waals surface area contributed by atoms with E-state index in [4.69, 9.17) is 11.6 Å². The molecule has 78 valence electrons. The molecular formula is C7H4BrClF3NO. The van der Waals surface area contributed by atoms with Gasteiger partial charge >= 0.3 is 6.18 Å². The number of alkyl halides is 3. The minimum Gasteiger partial charge on any atom is -0.467 e. The maximum Gasteiger partial charge on any atom is 0.422 e. The lowest BCUT2D eigenvalue weighted by Gasteiger charge is -2.09. The third-order valence-electron chi connectivity index (χ3n) is 1.15. The van der Waals surface area contributed by atoms with E-state index in [2.05, 4.69) is 25.7 Å². The van der Waals surface area contributed by atoms with Gasteiger partial charge in [-0.25, -0.2) is 4.98 Å². The molecule has 7 heteroatoms. The van der Waals surface area contributed by atoms with Crippen molar-refractivity contribution < 1.29 is 17.9 Å². The monoisotopic (exact) mass is 289 g/mol. The van der Waals surface area contributed by atoms with Gasteiger partial charge in [0.25, 0.3) is 0 Å². The zero-order valence-electron chi connectivity index (χ0n) is 6.61. The van der Waals surface area contributed by atoms with Crippen molar-refractivity contribution >= 4 is 27.5 Å². The van der Waals surface area contributed by atoms with Crippen LogP contribution in [0.15, 0.2) is 16.7 Å². The van der Waals surface area contributed by atoms with Crippen LogP contribution in [0.2, 0.25) is 5.02 Å². The smallest absolute Gasteiger partial charge is 0.422 e. The van der Waals surface area contributed by atoms with E-state index in [1.165, 1.54) is 12.3 Å². The topological polar surface area (TPSA) is 22.1 Å². The van der Waals surface area contributed by atoms with Gasteiger partial charge < -0.3 is 4.74 Å². The average Bonchev–Trinajstić information content (AvgIpc) is 2.00. The molecule has 0 spiro atoms. The van der Waals surface area contributed by atoms with Crippen molar-refractivity contribution in [3.8, 4) is 5.88 Å². The summed E-state index contributed by atoms with van der Waals surface area (Å²) in [7, 11) is 0. The Morgan fingerprint density at radius 3 is 2.64 bits per heavy atom. The van der Waals surface area contributed by atoms with Gasteiger partial charge in [0.05, 0.1) is 9.50 Å². The van der Waals surface area contributed by atoms with E-state index in [1.807, 2.05) is 0 Å². The highest BCUT2D eigenvalue weighted by molar-refractivity contribution is 9.10. The predicted octanol–water partition coefficient (Wildman–Crippen LogP) is 3.44. The van der Waals surface area contributed by atoms with Crippen molar-refractivity contribution in [2.45, 2.75) is 6.18 Å². The molecule has 0 N–H and O–H groups in total. The van der Waals surface area contributed by atoms with Gasteiger partial charge in [-0.05, 0) is 22.0 Å². The second-order valence-corrected chi connectivity index (χ2v) is 3.64. The average molecular weight is 290 g/mol. The molecular weight excluding hydrogens is 286 g/mol. The number of rotatable bonds is 2. The first-order chi connectivity index (χ1) is 6.38. The van der Waals surface area contributed by atoms with Gasteiger partial charge in [-0.1, -0.05) is 11.6 Å². The zero-order chi connectivity index (χ0) is 10.8. The van der Waals surface area contributed by atoms with Gasteiger partial charge in [-0.15, -0.1) is 0 Å². The van der Waals surface area contributed by atoms with E-state index < -0.39 is 12.8 Å². The Kier molecular flexibility index (Phi) is 3.60. The summed E-state index contributed by atoms with van der Waals surface area (Å²) < 4.78 is 40.0. The molecule has 0 radical (unpaired) electrons. The molecule has 14 heavy (non-hydrogen) atoms. The third kappa shape index (κ3) is 3.71. The van der Waals surface area contributed by atoms with Crippen LogP contribution in [0.4, 0.5) is 13.2 Å². The summed E-state index contributed by atoms with van der Waals surface area (Å²) in [6, 6.07) is 1.40. The number of ether oxygens (including phenoxy) is 1. The molecule has 0 atom stereocenters. The molecule has 0 saturated carbocycles. The van der Waals surface area contributed by atoms with Crippen LogP contribution in [0.5, 0.6) is 5.88 Å². The van der Waals surface area contributed by atoms with Gasteiger partial charge in [-0.3, -0.25) is 0 Å². The number of aromatic nitrogens is 1. The summed E-state index contributed by atoms with van der Waals surface area (Å²) in [6.07, 6.45) is -3.17. The number of hydrogen-bond acceptors (Lipinski definition) is 2. The fourth-order valence-electron chi connectivity index (χ4n) is 0.658. The van der Waals surface area contributed by atoms with Crippen LogP contribution in [0.3, 0.4) is 0 Å². The lowest BCUT2D eigenvalue weighted by molar-refractivity contribution is -0.154. The molecule has 0 aliphatic rings.